The van der Waals surface area contributed by atoms with E-state index in [0.717, 1.165) is 54.9 Å². The number of amides is 1. The molecule has 0 aliphatic carbocycles. The fourth-order valence-corrected chi connectivity index (χ4v) is 4.38. The van der Waals surface area contributed by atoms with Crippen LogP contribution in [0.15, 0.2) is 34.1 Å². The minimum atomic E-state index is 0.109. The summed E-state index contributed by atoms with van der Waals surface area (Å²) in [5.41, 5.74) is 2.33. The molecular weight excluding hydrogens is 422 g/mol. The predicted octanol–water partition coefficient (Wildman–Crippen LogP) is 4.48. The molecule has 0 atom stereocenters. The third-order valence-electron chi connectivity index (χ3n) is 4.79. The average molecular weight is 450 g/mol. The van der Waals surface area contributed by atoms with Gasteiger partial charge in [0.05, 0.1) is 17.1 Å². The third kappa shape index (κ3) is 5.87. The molecule has 1 fully saturated rings. The number of hydrogen-bond acceptors (Lipinski definition) is 4. The van der Waals surface area contributed by atoms with Crippen LogP contribution in [0.1, 0.15) is 43.5 Å². The topological polar surface area (TPSA) is 36.4 Å². The second-order valence-corrected chi connectivity index (χ2v) is 9.98. The van der Waals surface area contributed by atoms with E-state index < -0.39 is 0 Å². The Labute approximate surface area is 174 Å². The number of carbonyl (C=O) groups is 1. The summed E-state index contributed by atoms with van der Waals surface area (Å²) in [7, 11) is 0. The highest BCUT2D eigenvalue weighted by Gasteiger charge is 2.22. The lowest BCUT2D eigenvalue weighted by atomic mass is 9.98. The van der Waals surface area contributed by atoms with Crippen molar-refractivity contribution in [2.45, 2.75) is 45.6 Å². The Morgan fingerprint density at radius 2 is 1.89 bits per heavy atom. The largest absolute Gasteiger partial charge is 0.341 e. The first-order valence-corrected chi connectivity index (χ1v) is 11.2. The summed E-state index contributed by atoms with van der Waals surface area (Å²) in [6.45, 7) is 11.1. The quantitative estimate of drug-likeness (QED) is 0.689. The monoisotopic (exact) mass is 449 g/mol. The van der Waals surface area contributed by atoms with Crippen LogP contribution in [0.3, 0.4) is 0 Å². The van der Waals surface area contributed by atoms with Crippen molar-refractivity contribution in [3.05, 3.63) is 50.4 Å². The molecule has 0 saturated carbocycles. The van der Waals surface area contributed by atoms with Gasteiger partial charge in [-0.25, -0.2) is 4.98 Å². The van der Waals surface area contributed by atoms with Gasteiger partial charge in [0.25, 0.3) is 0 Å². The van der Waals surface area contributed by atoms with E-state index in [1.54, 1.807) is 11.3 Å². The van der Waals surface area contributed by atoms with Crippen LogP contribution in [0.2, 0.25) is 0 Å². The zero-order chi connectivity index (χ0) is 19.4. The highest BCUT2D eigenvalue weighted by Crippen LogP contribution is 2.26. The van der Waals surface area contributed by atoms with Crippen molar-refractivity contribution in [1.82, 2.24) is 14.8 Å². The smallest absolute Gasteiger partial charge is 0.227 e. The molecule has 1 aromatic carbocycles. The van der Waals surface area contributed by atoms with E-state index >= 15 is 0 Å². The van der Waals surface area contributed by atoms with Crippen LogP contribution < -0.4 is 0 Å². The van der Waals surface area contributed by atoms with Gasteiger partial charge in [0.2, 0.25) is 5.91 Å². The van der Waals surface area contributed by atoms with Gasteiger partial charge in [0, 0.05) is 48.0 Å². The van der Waals surface area contributed by atoms with Crippen molar-refractivity contribution in [1.29, 1.82) is 0 Å². The Balaban J connectivity index is 1.53. The molecule has 1 aliphatic heterocycles. The maximum Gasteiger partial charge on any atom is 0.227 e. The fourth-order valence-electron chi connectivity index (χ4n) is 3.22. The van der Waals surface area contributed by atoms with Crippen LogP contribution in [0.4, 0.5) is 0 Å². The Bertz CT molecular complexity index is 766. The first-order chi connectivity index (χ1) is 12.8. The van der Waals surface area contributed by atoms with Gasteiger partial charge >= 0.3 is 0 Å². The molecule has 0 spiro atoms. The van der Waals surface area contributed by atoms with Gasteiger partial charge in [-0.1, -0.05) is 48.8 Å². The van der Waals surface area contributed by atoms with Crippen molar-refractivity contribution in [3.8, 4) is 0 Å². The molecule has 27 heavy (non-hydrogen) atoms. The van der Waals surface area contributed by atoms with Gasteiger partial charge in [0.1, 0.15) is 0 Å². The number of halogens is 1. The summed E-state index contributed by atoms with van der Waals surface area (Å²) in [5, 5.41) is 3.38. The van der Waals surface area contributed by atoms with Gasteiger partial charge < -0.3 is 4.90 Å². The van der Waals surface area contributed by atoms with Crippen LogP contribution in [0.5, 0.6) is 0 Å². The minimum absolute atomic E-state index is 0.109. The van der Waals surface area contributed by atoms with E-state index in [9.17, 15) is 4.79 Å². The zero-order valence-corrected chi connectivity index (χ0v) is 18.8. The van der Waals surface area contributed by atoms with E-state index in [0.29, 0.717) is 6.42 Å². The molecule has 4 nitrogen and oxygen atoms in total. The molecule has 1 saturated heterocycles. The Morgan fingerprint density at radius 3 is 2.56 bits per heavy atom. The molecule has 1 amide bonds. The number of thiazole rings is 1. The highest BCUT2D eigenvalue weighted by atomic mass is 79.9. The summed E-state index contributed by atoms with van der Waals surface area (Å²) < 4.78 is 1.04. The minimum Gasteiger partial charge on any atom is -0.341 e. The summed E-state index contributed by atoms with van der Waals surface area (Å²) >= 11 is 5.19. The SMILES string of the molecule is CC(C)(C)c1nc(CN2CCCN(C(=O)Cc3ccc(Br)cc3)CC2)cs1. The second-order valence-electron chi connectivity index (χ2n) is 8.21. The van der Waals surface area contributed by atoms with E-state index in [1.165, 1.54) is 5.01 Å². The van der Waals surface area contributed by atoms with Crippen LogP contribution in [0, 0.1) is 0 Å². The lowest BCUT2D eigenvalue weighted by molar-refractivity contribution is -0.130. The second kappa shape index (κ2) is 8.84. The van der Waals surface area contributed by atoms with Gasteiger partial charge in [-0.3, -0.25) is 9.69 Å². The molecule has 1 aliphatic rings. The first kappa shape index (κ1) is 20.5. The van der Waals surface area contributed by atoms with Gasteiger partial charge in [-0.05, 0) is 24.1 Å². The molecule has 0 N–H and O–H groups in total. The summed E-state index contributed by atoms with van der Waals surface area (Å²) in [4.78, 5) is 21.9. The molecule has 0 radical (unpaired) electrons. The molecule has 2 aromatic rings. The predicted molar refractivity (Wildman–Crippen MR) is 115 cm³/mol. The maximum atomic E-state index is 12.7. The van der Waals surface area contributed by atoms with Crippen molar-refractivity contribution in [2.75, 3.05) is 26.2 Å². The molecule has 2 heterocycles. The number of hydrogen-bond donors (Lipinski definition) is 0. The normalized spacial score (nSPS) is 16.4. The average Bonchev–Trinajstić information content (AvgIpc) is 2.96. The van der Waals surface area contributed by atoms with E-state index in [1.807, 2.05) is 29.2 Å². The lowest BCUT2D eigenvalue weighted by Crippen LogP contribution is -2.36. The van der Waals surface area contributed by atoms with Crippen molar-refractivity contribution >= 4 is 33.2 Å². The number of rotatable bonds is 4. The van der Waals surface area contributed by atoms with E-state index in [2.05, 4.69) is 47.0 Å². The number of carbonyl (C=O) groups excluding carboxylic acids is 1. The van der Waals surface area contributed by atoms with Crippen molar-refractivity contribution in [2.24, 2.45) is 0 Å². The molecule has 3 rings (SSSR count). The van der Waals surface area contributed by atoms with Gasteiger partial charge in [-0.2, -0.15) is 0 Å². The number of aromatic nitrogens is 1. The van der Waals surface area contributed by atoms with Crippen LogP contribution in [-0.4, -0.2) is 46.9 Å². The molecule has 0 unspecified atom stereocenters. The summed E-state index contributed by atoms with van der Waals surface area (Å²) in [5.74, 6) is 0.225. The summed E-state index contributed by atoms with van der Waals surface area (Å²) in [6.07, 6.45) is 1.50. The molecule has 0 bridgehead atoms. The van der Waals surface area contributed by atoms with Crippen molar-refractivity contribution < 1.29 is 4.79 Å². The molecular formula is C21H28BrN3OS. The van der Waals surface area contributed by atoms with E-state index in [-0.39, 0.29) is 11.3 Å². The number of benzene rings is 1. The molecule has 1 aromatic heterocycles. The van der Waals surface area contributed by atoms with Crippen LogP contribution in [-0.2, 0) is 23.2 Å². The Hall–Kier alpha value is -1.24. The Morgan fingerprint density at radius 1 is 1.15 bits per heavy atom. The van der Waals surface area contributed by atoms with Crippen molar-refractivity contribution in [3.63, 3.8) is 0 Å². The highest BCUT2D eigenvalue weighted by molar-refractivity contribution is 9.10. The molecule has 146 valence electrons. The lowest BCUT2D eigenvalue weighted by Gasteiger charge is -2.22. The van der Waals surface area contributed by atoms with Crippen LogP contribution in [0.25, 0.3) is 0 Å². The van der Waals surface area contributed by atoms with Gasteiger partial charge in [0.15, 0.2) is 0 Å². The Kier molecular flexibility index (Phi) is 6.71. The first-order valence-electron chi connectivity index (χ1n) is 9.51. The van der Waals surface area contributed by atoms with E-state index in [4.69, 9.17) is 4.98 Å². The summed E-state index contributed by atoms with van der Waals surface area (Å²) in [6, 6.07) is 8.02. The maximum absolute atomic E-state index is 12.7. The van der Waals surface area contributed by atoms with Crippen LogP contribution >= 0.6 is 27.3 Å². The fraction of sp³-hybridized carbons (Fsp3) is 0.524. The number of nitrogens with zero attached hydrogens (tertiary/aromatic N) is 3. The standard InChI is InChI=1S/C21H28BrN3OS/c1-21(2,3)20-23-18(15-27-20)14-24-9-4-10-25(12-11-24)19(26)13-16-5-7-17(22)8-6-16/h5-8,15H,4,9-14H2,1-3H3. The van der Waals surface area contributed by atoms with Gasteiger partial charge in [-0.15, -0.1) is 11.3 Å². The zero-order valence-electron chi connectivity index (χ0n) is 16.4. The molecule has 6 heteroatoms. The third-order valence-corrected chi connectivity index (χ3v) is 6.63.